The van der Waals surface area contributed by atoms with Crippen LogP contribution in [-0.2, 0) is 6.67 Å². The van der Waals surface area contributed by atoms with Gasteiger partial charge in [0.15, 0.2) is 0 Å². The fraction of sp³-hybridized carbons (Fsp3) is 0.176. The molecule has 112 valence electrons. The summed E-state index contributed by atoms with van der Waals surface area (Å²) in [7, 11) is 1.63. The summed E-state index contributed by atoms with van der Waals surface area (Å²) in [6.45, 7) is 2.21. The number of anilines is 1. The monoisotopic (exact) mass is 295 g/mol. The molecular weight excluding hydrogens is 278 g/mol. The molecule has 3 rings (SSSR count). The summed E-state index contributed by atoms with van der Waals surface area (Å²) in [6.07, 6.45) is 0. The maximum atomic E-state index is 12.5. The molecule has 0 saturated carbocycles. The van der Waals surface area contributed by atoms with Crippen molar-refractivity contribution >= 4 is 16.6 Å². The molecule has 1 aromatic heterocycles. The Morgan fingerprint density at radius 2 is 1.86 bits per heavy atom. The highest BCUT2D eigenvalue weighted by Crippen LogP contribution is 2.15. The highest BCUT2D eigenvalue weighted by Gasteiger charge is 2.07. The molecule has 1 heterocycles. The van der Waals surface area contributed by atoms with Gasteiger partial charge in [-0.3, -0.25) is 9.36 Å². The van der Waals surface area contributed by atoms with Gasteiger partial charge in [0.25, 0.3) is 5.56 Å². The normalized spacial score (nSPS) is 10.6. The number of rotatable bonds is 4. The number of para-hydroxylation sites is 1. The van der Waals surface area contributed by atoms with Gasteiger partial charge in [0.1, 0.15) is 11.6 Å². The zero-order chi connectivity index (χ0) is 15.5. The Morgan fingerprint density at radius 3 is 2.59 bits per heavy atom. The molecule has 5 heteroatoms. The van der Waals surface area contributed by atoms with Crippen molar-refractivity contribution in [3.8, 4) is 5.75 Å². The Balaban J connectivity index is 1.88. The Bertz CT molecular complexity index is 854. The summed E-state index contributed by atoms with van der Waals surface area (Å²) >= 11 is 0. The Hall–Kier alpha value is -2.82. The van der Waals surface area contributed by atoms with Crippen LogP contribution in [-0.4, -0.2) is 16.7 Å². The molecule has 0 aliphatic carbocycles. The van der Waals surface area contributed by atoms with E-state index in [9.17, 15) is 4.79 Å². The van der Waals surface area contributed by atoms with Gasteiger partial charge in [-0.25, -0.2) is 4.98 Å². The van der Waals surface area contributed by atoms with Crippen LogP contribution in [0.1, 0.15) is 5.82 Å². The molecule has 0 amide bonds. The van der Waals surface area contributed by atoms with E-state index in [2.05, 4.69) is 10.3 Å². The van der Waals surface area contributed by atoms with E-state index in [1.807, 2.05) is 49.4 Å². The van der Waals surface area contributed by atoms with E-state index in [4.69, 9.17) is 4.74 Å². The van der Waals surface area contributed by atoms with Crippen LogP contribution in [0, 0.1) is 6.92 Å². The summed E-state index contributed by atoms with van der Waals surface area (Å²) in [4.78, 5) is 17.0. The minimum atomic E-state index is -0.0379. The summed E-state index contributed by atoms with van der Waals surface area (Å²) in [6, 6.07) is 14.9. The van der Waals surface area contributed by atoms with Gasteiger partial charge in [-0.15, -0.1) is 0 Å². The molecule has 0 spiro atoms. The third kappa shape index (κ3) is 2.65. The van der Waals surface area contributed by atoms with Crippen molar-refractivity contribution < 1.29 is 4.74 Å². The Labute approximate surface area is 128 Å². The second-order valence-corrected chi connectivity index (χ2v) is 4.97. The Morgan fingerprint density at radius 1 is 1.14 bits per heavy atom. The topological polar surface area (TPSA) is 56.1 Å². The summed E-state index contributed by atoms with van der Waals surface area (Å²) in [5.74, 6) is 1.48. The van der Waals surface area contributed by atoms with Crippen LogP contribution in [0.2, 0.25) is 0 Å². The van der Waals surface area contributed by atoms with Crippen LogP contribution < -0.4 is 15.6 Å². The van der Waals surface area contributed by atoms with E-state index in [0.29, 0.717) is 17.9 Å². The third-order valence-corrected chi connectivity index (χ3v) is 3.58. The highest BCUT2D eigenvalue weighted by molar-refractivity contribution is 5.77. The molecule has 0 bridgehead atoms. The fourth-order valence-corrected chi connectivity index (χ4v) is 2.34. The largest absolute Gasteiger partial charge is 0.497 e. The predicted octanol–water partition coefficient (Wildman–Crippen LogP) is 2.78. The number of aromatic nitrogens is 2. The number of fused-ring (bicyclic) bond motifs is 1. The van der Waals surface area contributed by atoms with Crippen molar-refractivity contribution in [3.63, 3.8) is 0 Å². The standard InChI is InChI=1S/C17H17N3O2/c1-12-19-16-6-4-3-5-15(16)17(21)20(12)11-18-13-7-9-14(22-2)10-8-13/h3-10,18H,11H2,1-2H3. The number of aryl methyl sites for hydroxylation is 1. The van der Waals surface area contributed by atoms with E-state index < -0.39 is 0 Å². The van der Waals surface area contributed by atoms with E-state index in [-0.39, 0.29) is 5.56 Å². The molecule has 22 heavy (non-hydrogen) atoms. The lowest BCUT2D eigenvalue weighted by Crippen LogP contribution is -2.27. The number of methoxy groups -OCH3 is 1. The van der Waals surface area contributed by atoms with Crippen LogP contribution in [0.15, 0.2) is 53.3 Å². The number of nitrogens with zero attached hydrogens (tertiary/aromatic N) is 2. The van der Waals surface area contributed by atoms with Gasteiger partial charge in [0, 0.05) is 5.69 Å². The molecule has 0 radical (unpaired) electrons. The number of ether oxygens (including phenoxy) is 1. The Kier molecular flexibility index (Phi) is 3.78. The number of hydrogen-bond donors (Lipinski definition) is 1. The van der Waals surface area contributed by atoms with Crippen molar-refractivity contribution in [2.45, 2.75) is 13.6 Å². The van der Waals surface area contributed by atoms with E-state index in [1.54, 1.807) is 17.7 Å². The van der Waals surface area contributed by atoms with Crippen LogP contribution in [0.4, 0.5) is 5.69 Å². The van der Waals surface area contributed by atoms with Crippen molar-refractivity contribution in [2.75, 3.05) is 12.4 Å². The number of benzene rings is 2. The maximum absolute atomic E-state index is 12.5. The molecule has 5 nitrogen and oxygen atoms in total. The molecule has 0 saturated heterocycles. The second kappa shape index (κ2) is 5.89. The van der Waals surface area contributed by atoms with Crippen LogP contribution >= 0.6 is 0 Å². The van der Waals surface area contributed by atoms with Crippen molar-refractivity contribution in [3.05, 3.63) is 64.7 Å². The van der Waals surface area contributed by atoms with Crippen LogP contribution in [0.25, 0.3) is 10.9 Å². The lowest BCUT2D eigenvalue weighted by molar-refractivity contribution is 0.415. The zero-order valence-electron chi connectivity index (χ0n) is 12.5. The van der Waals surface area contributed by atoms with Gasteiger partial charge >= 0.3 is 0 Å². The van der Waals surface area contributed by atoms with Crippen molar-refractivity contribution in [1.29, 1.82) is 0 Å². The van der Waals surface area contributed by atoms with Gasteiger partial charge < -0.3 is 10.1 Å². The first-order chi connectivity index (χ1) is 10.7. The van der Waals surface area contributed by atoms with Crippen molar-refractivity contribution in [2.24, 2.45) is 0 Å². The number of nitrogens with one attached hydrogen (secondary N) is 1. The predicted molar refractivity (Wildman–Crippen MR) is 87.4 cm³/mol. The molecule has 0 aliphatic heterocycles. The second-order valence-electron chi connectivity index (χ2n) is 4.97. The smallest absolute Gasteiger partial charge is 0.262 e. The van der Waals surface area contributed by atoms with Crippen LogP contribution in [0.3, 0.4) is 0 Å². The zero-order valence-corrected chi connectivity index (χ0v) is 12.5. The first-order valence-corrected chi connectivity index (χ1v) is 7.03. The van der Waals surface area contributed by atoms with Gasteiger partial charge in [-0.2, -0.15) is 0 Å². The summed E-state index contributed by atoms with van der Waals surface area (Å²) in [5, 5.41) is 3.86. The van der Waals surface area contributed by atoms with Gasteiger partial charge in [-0.05, 0) is 43.3 Å². The SMILES string of the molecule is COc1ccc(NCn2c(C)nc3ccccc3c2=O)cc1. The van der Waals surface area contributed by atoms with E-state index >= 15 is 0 Å². The highest BCUT2D eigenvalue weighted by atomic mass is 16.5. The molecule has 1 N–H and O–H groups in total. The summed E-state index contributed by atoms with van der Waals surface area (Å²) in [5.41, 5.74) is 1.61. The lowest BCUT2D eigenvalue weighted by Gasteiger charge is -2.13. The molecule has 0 fully saturated rings. The molecule has 0 atom stereocenters. The van der Waals surface area contributed by atoms with Gasteiger partial charge in [0.2, 0.25) is 0 Å². The average Bonchev–Trinajstić information content (AvgIpc) is 2.55. The number of hydrogen-bond acceptors (Lipinski definition) is 4. The molecule has 0 unspecified atom stereocenters. The fourth-order valence-electron chi connectivity index (χ4n) is 2.34. The first kappa shape index (κ1) is 14.1. The molecule has 3 aromatic rings. The maximum Gasteiger partial charge on any atom is 0.262 e. The average molecular weight is 295 g/mol. The molecule has 0 aliphatic rings. The van der Waals surface area contributed by atoms with Gasteiger partial charge in [0.05, 0.1) is 24.7 Å². The lowest BCUT2D eigenvalue weighted by atomic mass is 10.2. The quantitative estimate of drug-likeness (QED) is 0.804. The van der Waals surface area contributed by atoms with E-state index in [0.717, 1.165) is 17.0 Å². The first-order valence-electron chi connectivity index (χ1n) is 7.03. The van der Waals surface area contributed by atoms with Gasteiger partial charge in [-0.1, -0.05) is 12.1 Å². The third-order valence-electron chi connectivity index (χ3n) is 3.58. The minimum absolute atomic E-state index is 0.0379. The van der Waals surface area contributed by atoms with Crippen molar-refractivity contribution in [1.82, 2.24) is 9.55 Å². The summed E-state index contributed by atoms with van der Waals surface area (Å²) < 4.78 is 6.76. The van der Waals surface area contributed by atoms with Crippen LogP contribution in [0.5, 0.6) is 5.75 Å². The van der Waals surface area contributed by atoms with E-state index in [1.165, 1.54) is 0 Å². The minimum Gasteiger partial charge on any atom is -0.497 e. The molecule has 2 aromatic carbocycles. The molecular formula is C17H17N3O2.